The van der Waals surface area contributed by atoms with Gasteiger partial charge in [0.2, 0.25) is 10.0 Å². The van der Waals surface area contributed by atoms with Gasteiger partial charge in [0.25, 0.3) is 5.91 Å². The molecule has 0 aliphatic heterocycles. The Kier molecular flexibility index (Phi) is 8.46. The van der Waals surface area contributed by atoms with E-state index in [9.17, 15) is 23.1 Å². The summed E-state index contributed by atoms with van der Waals surface area (Å²) in [7, 11) is -4.13. The average Bonchev–Trinajstić information content (AvgIpc) is 2.81. The quantitative estimate of drug-likeness (QED) is 0.259. The second-order valence-electron chi connectivity index (χ2n) is 8.13. The summed E-state index contributed by atoms with van der Waals surface area (Å²) in [5.41, 5.74) is 5.92. The number of carbonyl (C=O) groups excluding carboxylic acids is 1. The lowest BCUT2D eigenvalue weighted by atomic mass is 10.0. The van der Waals surface area contributed by atoms with Crippen molar-refractivity contribution in [1.82, 2.24) is 15.0 Å². The molecule has 2 aromatic carbocycles. The minimum absolute atomic E-state index is 0.0688. The van der Waals surface area contributed by atoms with Crippen molar-refractivity contribution in [2.45, 2.75) is 30.2 Å². The number of rotatable bonds is 10. The van der Waals surface area contributed by atoms with Gasteiger partial charge in [0, 0.05) is 21.4 Å². The van der Waals surface area contributed by atoms with Crippen LogP contribution in [0.1, 0.15) is 28.5 Å². The van der Waals surface area contributed by atoms with Crippen molar-refractivity contribution in [1.29, 1.82) is 0 Å². The van der Waals surface area contributed by atoms with Gasteiger partial charge in [0.1, 0.15) is 11.4 Å². The number of hydrogen-bond donors (Lipinski definition) is 4. The Morgan fingerprint density at radius 3 is 2.29 bits per heavy atom. The van der Waals surface area contributed by atoms with E-state index in [0.717, 1.165) is 14.8 Å². The first-order valence-corrected chi connectivity index (χ1v) is 13.2. The normalized spacial score (nSPS) is 13.1. The molecule has 11 heteroatoms. The largest absolute Gasteiger partial charge is 0.480 e. The molecule has 3 rings (SSSR count). The first-order chi connectivity index (χ1) is 16.5. The summed E-state index contributed by atoms with van der Waals surface area (Å²) in [6, 6.07) is 18.3. The van der Waals surface area contributed by atoms with Crippen molar-refractivity contribution < 1.29 is 23.1 Å². The van der Waals surface area contributed by atoms with Crippen molar-refractivity contribution in [2.24, 2.45) is 0 Å². The number of aryl methyl sites for hydroxylation is 2. The van der Waals surface area contributed by atoms with Crippen LogP contribution in [-0.2, 0) is 27.7 Å². The van der Waals surface area contributed by atoms with Crippen LogP contribution >= 0.6 is 22.6 Å². The van der Waals surface area contributed by atoms with E-state index >= 15 is 0 Å². The smallest absolute Gasteiger partial charge is 0.326 e. The first-order valence-electron chi connectivity index (χ1n) is 10.6. The molecule has 5 N–H and O–H groups in total. The minimum atomic E-state index is -4.13. The summed E-state index contributed by atoms with van der Waals surface area (Å²) in [4.78, 5) is 28.7. The highest BCUT2D eigenvalue weighted by Gasteiger charge is 2.38. The second kappa shape index (κ2) is 11.1. The molecule has 0 saturated carbocycles. The SMILES string of the molecule is C[C@@](CNC(=O)c1ccc(CCc2cccc(N)n2)cc1)(NS(=O)(=O)c1ccc(I)cc1)C(=O)O. The molecule has 1 aromatic heterocycles. The maximum absolute atomic E-state index is 12.7. The number of nitrogen functional groups attached to an aromatic ring is 1. The third kappa shape index (κ3) is 7.23. The van der Waals surface area contributed by atoms with Gasteiger partial charge in [-0.15, -0.1) is 0 Å². The fourth-order valence-electron chi connectivity index (χ4n) is 3.22. The van der Waals surface area contributed by atoms with Crippen LogP contribution in [0.25, 0.3) is 0 Å². The highest BCUT2D eigenvalue weighted by atomic mass is 127. The number of carbonyl (C=O) groups is 2. The molecule has 0 aliphatic carbocycles. The van der Waals surface area contributed by atoms with Crippen molar-refractivity contribution in [3.05, 3.63) is 87.1 Å². The number of nitrogens with one attached hydrogen (secondary N) is 2. The fraction of sp³-hybridized carbons (Fsp3) is 0.208. The van der Waals surface area contributed by atoms with Crippen LogP contribution in [0.15, 0.2) is 71.6 Å². The second-order valence-corrected chi connectivity index (χ2v) is 11.1. The van der Waals surface area contributed by atoms with Crippen LogP contribution in [0, 0.1) is 3.57 Å². The number of anilines is 1. The zero-order valence-corrected chi connectivity index (χ0v) is 21.8. The summed E-state index contributed by atoms with van der Waals surface area (Å²) in [6.45, 7) is 0.751. The van der Waals surface area contributed by atoms with Gasteiger partial charge in [-0.3, -0.25) is 9.59 Å². The Balaban J connectivity index is 1.62. The molecule has 1 atom stereocenters. The minimum Gasteiger partial charge on any atom is -0.480 e. The molecule has 0 aliphatic rings. The van der Waals surface area contributed by atoms with Crippen LogP contribution in [-0.4, -0.2) is 42.5 Å². The number of pyridine rings is 1. The average molecular weight is 608 g/mol. The number of halogens is 1. The molecule has 184 valence electrons. The summed E-state index contributed by atoms with van der Waals surface area (Å²) in [5, 5.41) is 12.2. The summed E-state index contributed by atoms with van der Waals surface area (Å²) in [5.74, 6) is -1.48. The molecule has 1 amide bonds. The third-order valence-corrected chi connectivity index (χ3v) is 7.60. The van der Waals surface area contributed by atoms with Crippen molar-refractivity contribution >= 4 is 50.3 Å². The molecule has 0 saturated heterocycles. The zero-order chi connectivity index (χ0) is 25.6. The van der Waals surface area contributed by atoms with Crippen LogP contribution in [0.5, 0.6) is 0 Å². The van der Waals surface area contributed by atoms with Crippen molar-refractivity contribution in [3.63, 3.8) is 0 Å². The number of nitrogens with zero attached hydrogens (tertiary/aromatic N) is 1. The lowest BCUT2D eigenvalue weighted by Gasteiger charge is -2.26. The lowest BCUT2D eigenvalue weighted by molar-refractivity contribution is -0.143. The lowest BCUT2D eigenvalue weighted by Crippen LogP contribution is -2.58. The number of aliphatic carboxylic acids is 1. The molecule has 9 nitrogen and oxygen atoms in total. The fourth-order valence-corrected chi connectivity index (χ4v) is 4.94. The zero-order valence-electron chi connectivity index (χ0n) is 18.9. The summed E-state index contributed by atoms with van der Waals surface area (Å²) >= 11 is 2.04. The van der Waals surface area contributed by atoms with Gasteiger partial charge in [0.15, 0.2) is 0 Å². The highest BCUT2D eigenvalue weighted by molar-refractivity contribution is 14.1. The van der Waals surface area contributed by atoms with E-state index in [4.69, 9.17) is 5.73 Å². The van der Waals surface area contributed by atoms with Crippen LogP contribution in [0.3, 0.4) is 0 Å². The van der Waals surface area contributed by atoms with Crippen LogP contribution in [0.4, 0.5) is 5.82 Å². The molecule has 0 radical (unpaired) electrons. The summed E-state index contributed by atoms with van der Waals surface area (Å²) in [6.07, 6.45) is 1.39. The molecule has 0 fully saturated rings. The predicted molar refractivity (Wildman–Crippen MR) is 140 cm³/mol. The third-order valence-electron chi connectivity index (χ3n) is 5.27. The number of benzene rings is 2. The number of amides is 1. The van der Waals surface area contributed by atoms with E-state index in [2.05, 4.69) is 15.0 Å². The Morgan fingerprint density at radius 1 is 1.03 bits per heavy atom. The summed E-state index contributed by atoms with van der Waals surface area (Å²) < 4.78 is 28.4. The van der Waals surface area contributed by atoms with Gasteiger partial charge in [-0.05, 0) is 96.5 Å². The van der Waals surface area contributed by atoms with E-state index in [1.807, 2.05) is 34.7 Å². The van der Waals surface area contributed by atoms with E-state index in [0.29, 0.717) is 24.2 Å². The maximum atomic E-state index is 12.7. The Labute approximate surface area is 217 Å². The number of aromatic nitrogens is 1. The molecular weight excluding hydrogens is 583 g/mol. The molecule has 1 heterocycles. The van der Waals surface area contributed by atoms with E-state index in [1.165, 1.54) is 19.1 Å². The van der Waals surface area contributed by atoms with Gasteiger partial charge >= 0.3 is 5.97 Å². The van der Waals surface area contributed by atoms with E-state index in [1.54, 1.807) is 42.5 Å². The topological polar surface area (TPSA) is 151 Å². The van der Waals surface area contributed by atoms with E-state index in [-0.39, 0.29) is 4.90 Å². The van der Waals surface area contributed by atoms with Gasteiger partial charge in [-0.2, -0.15) is 4.72 Å². The van der Waals surface area contributed by atoms with Gasteiger partial charge in [-0.1, -0.05) is 18.2 Å². The molecule has 0 bridgehead atoms. The molecule has 0 spiro atoms. The number of carboxylic acid groups (broad SMARTS) is 1. The van der Waals surface area contributed by atoms with Crippen molar-refractivity contribution in [3.8, 4) is 0 Å². The number of carboxylic acids is 1. The van der Waals surface area contributed by atoms with Gasteiger partial charge < -0.3 is 16.2 Å². The van der Waals surface area contributed by atoms with Gasteiger partial charge in [-0.25, -0.2) is 13.4 Å². The van der Waals surface area contributed by atoms with Crippen LogP contribution < -0.4 is 15.8 Å². The monoisotopic (exact) mass is 608 g/mol. The van der Waals surface area contributed by atoms with E-state index < -0.39 is 34.0 Å². The standard InChI is InChI=1S/C24H25IN4O5S/c1-24(23(31)32,29-35(33,34)20-13-10-18(25)11-14-20)15-27-22(30)17-8-5-16(6-9-17)7-12-19-3-2-4-21(26)28-19/h2-6,8-11,13-14,29H,7,12,15H2,1H3,(H2,26,28)(H,27,30)(H,31,32)/t24-/m0/s1. The highest BCUT2D eigenvalue weighted by Crippen LogP contribution is 2.16. The van der Waals surface area contributed by atoms with Gasteiger partial charge in [0.05, 0.1) is 4.90 Å². The maximum Gasteiger partial charge on any atom is 0.326 e. The molecule has 3 aromatic rings. The Morgan fingerprint density at radius 2 is 1.69 bits per heavy atom. The van der Waals surface area contributed by atoms with Crippen molar-refractivity contribution in [2.75, 3.05) is 12.3 Å². The number of nitrogens with two attached hydrogens (primary N) is 1. The number of sulfonamides is 1. The Bertz CT molecular complexity index is 1310. The Hall–Kier alpha value is -3.03. The first kappa shape index (κ1) is 26.6. The molecule has 35 heavy (non-hydrogen) atoms. The molecular formula is C24H25IN4O5S. The molecule has 0 unspecified atom stereocenters. The number of hydrogen-bond acceptors (Lipinski definition) is 6. The predicted octanol–water partition coefficient (Wildman–Crippen LogP) is 2.61. The van der Waals surface area contributed by atoms with Crippen LogP contribution in [0.2, 0.25) is 0 Å².